The van der Waals surface area contributed by atoms with E-state index in [2.05, 4.69) is 21.7 Å². The average Bonchev–Trinajstić information content (AvgIpc) is 3.36. The van der Waals surface area contributed by atoms with Crippen LogP contribution in [0, 0.1) is 5.82 Å². The molecule has 0 atom stereocenters. The van der Waals surface area contributed by atoms with Crippen molar-refractivity contribution in [1.82, 2.24) is 20.5 Å². The van der Waals surface area contributed by atoms with Gasteiger partial charge in [0.25, 0.3) is 5.91 Å². The zero-order chi connectivity index (χ0) is 23.9. The van der Waals surface area contributed by atoms with Gasteiger partial charge in [-0.1, -0.05) is 29.3 Å². The smallest absolute Gasteiger partial charge is 0.317 e. The maximum atomic E-state index is 13.3. The van der Waals surface area contributed by atoms with Crippen LogP contribution in [0.15, 0.2) is 35.2 Å². The molecule has 1 saturated heterocycles. The van der Waals surface area contributed by atoms with Crippen LogP contribution in [0.25, 0.3) is 0 Å². The second kappa shape index (κ2) is 11.8. The first-order chi connectivity index (χ1) is 16.5. The molecule has 34 heavy (non-hydrogen) atoms. The molecule has 4 rings (SSSR count). The molecule has 182 valence electrons. The number of aromatic nitrogens is 1. The molecule has 1 aliphatic heterocycles. The summed E-state index contributed by atoms with van der Waals surface area (Å²) in [5, 5.41) is 8.59. The van der Waals surface area contributed by atoms with E-state index in [0.29, 0.717) is 25.3 Å². The number of allylic oxidation sites excluding steroid dienone is 1. The van der Waals surface area contributed by atoms with Gasteiger partial charge in [0.15, 0.2) is 0 Å². The number of nitrogens with one attached hydrogen (secondary N) is 2. The molecule has 0 spiro atoms. The van der Waals surface area contributed by atoms with Crippen LogP contribution in [0.2, 0.25) is 5.02 Å². The van der Waals surface area contributed by atoms with Gasteiger partial charge >= 0.3 is 6.03 Å². The van der Waals surface area contributed by atoms with E-state index >= 15 is 0 Å². The molecule has 2 aromatic rings. The molecule has 1 aromatic carbocycles. The normalized spacial score (nSPS) is 16.8. The maximum Gasteiger partial charge on any atom is 0.317 e. The predicted octanol–water partition coefficient (Wildman–Crippen LogP) is 5.65. The number of carbonyl (C=O) groups excluding carboxylic acids is 2. The summed E-state index contributed by atoms with van der Waals surface area (Å²) in [5.41, 5.74) is 2.57. The molecular formula is C25H30ClFN4O2S. The van der Waals surface area contributed by atoms with Crippen LogP contribution < -0.4 is 10.6 Å². The van der Waals surface area contributed by atoms with E-state index in [1.165, 1.54) is 48.3 Å². The van der Waals surface area contributed by atoms with Crippen molar-refractivity contribution in [3.63, 3.8) is 0 Å². The Morgan fingerprint density at radius 2 is 2.03 bits per heavy atom. The SMILES string of the molecule is O=C(NCc1ccc(F)c(Cl)c1)c1csc(C2CCN(C(=O)NCCC3=CCCCC3)CC2)n1. The summed E-state index contributed by atoms with van der Waals surface area (Å²) in [6.45, 7) is 2.31. The van der Waals surface area contributed by atoms with Crippen LogP contribution in [0.1, 0.15) is 71.9 Å². The largest absolute Gasteiger partial charge is 0.347 e. The van der Waals surface area contributed by atoms with Crippen molar-refractivity contribution in [3.05, 3.63) is 62.3 Å². The van der Waals surface area contributed by atoms with Crippen LogP contribution >= 0.6 is 22.9 Å². The Hall–Kier alpha value is -2.45. The van der Waals surface area contributed by atoms with Crippen molar-refractivity contribution in [2.24, 2.45) is 0 Å². The predicted molar refractivity (Wildman–Crippen MR) is 133 cm³/mol. The first-order valence-corrected chi connectivity index (χ1v) is 13.1. The van der Waals surface area contributed by atoms with Gasteiger partial charge in [0.2, 0.25) is 0 Å². The molecule has 9 heteroatoms. The summed E-state index contributed by atoms with van der Waals surface area (Å²) in [5.74, 6) is -0.506. The number of benzene rings is 1. The lowest BCUT2D eigenvalue weighted by atomic mass is 9.97. The van der Waals surface area contributed by atoms with Crippen LogP contribution in [-0.2, 0) is 6.54 Å². The minimum Gasteiger partial charge on any atom is -0.347 e. The minimum absolute atomic E-state index is 0.00922. The fourth-order valence-corrected chi connectivity index (χ4v) is 5.58. The Morgan fingerprint density at radius 3 is 2.76 bits per heavy atom. The van der Waals surface area contributed by atoms with Crippen molar-refractivity contribution >= 4 is 34.9 Å². The number of thiazole rings is 1. The Kier molecular flexibility index (Phi) is 8.56. The van der Waals surface area contributed by atoms with Crippen molar-refractivity contribution in [3.8, 4) is 0 Å². The molecule has 0 bridgehead atoms. The monoisotopic (exact) mass is 504 g/mol. The number of amides is 3. The van der Waals surface area contributed by atoms with Crippen LogP contribution in [-0.4, -0.2) is 41.5 Å². The average molecular weight is 505 g/mol. The zero-order valence-corrected chi connectivity index (χ0v) is 20.7. The number of hydrogen-bond acceptors (Lipinski definition) is 4. The van der Waals surface area contributed by atoms with E-state index in [9.17, 15) is 14.0 Å². The van der Waals surface area contributed by atoms with Gasteiger partial charge in [0.05, 0.1) is 10.0 Å². The Morgan fingerprint density at radius 1 is 1.21 bits per heavy atom. The second-order valence-electron chi connectivity index (χ2n) is 8.85. The van der Waals surface area contributed by atoms with E-state index in [-0.39, 0.29) is 29.4 Å². The first kappa shape index (κ1) is 24.7. The molecule has 3 amide bonds. The summed E-state index contributed by atoms with van der Waals surface area (Å²) in [7, 11) is 0. The van der Waals surface area contributed by atoms with Crippen molar-refractivity contribution in [1.29, 1.82) is 0 Å². The molecule has 0 unspecified atom stereocenters. The van der Waals surface area contributed by atoms with E-state index in [0.717, 1.165) is 36.3 Å². The lowest BCUT2D eigenvalue weighted by Crippen LogP contribution is -2.44. The van der Waals surface area contributed by atoms with Crippen molar-refractivity contribution in [2.45, 2.75) is 57.4 Å². The fourth-order valence-electron chi connectivity index (χ4n) is 4.40. The van der Waals surface area contributed by atoms with E-state index in [4.69, 9.17) is 11.6 Å². The van der Waals surface area contributed by atoms with Gasteiger partial charge in [-0.15, -0.1) is 11.3 Å². The van der Waals surface area contributed by atoms with Crippen LogP contribution in [0.3, 0.4) is 0 Å². The number of hydrogen-bond donors (Lipinski definition) is 2. The van der Waals surface area contributed by atoms with Gasteiger partial charge in [-0.2, -0.15) is 0 Å². The van der Waals surface area contributed by atoms with Crippen LogP contribution in [0.5, 0.6) is 0 Å². The number of halogens is 2. The van der Waals surface area contributed by atoms with Gasteiger partial charge in [0, 0.05) is 37.5 Å². The number of rotatable bonds is 7. The highest BCUT2D eigenvalue weighted by atomic mass is 35.5. The van der Waals surface area contributed by atoms with E-state index in [1.54, 1.807) is 11.4 Å². The third kappa shape index (κ3) is 6.57. The van der Waals surface area contributed by atoms with Gasteiger partial charge in [0.1, 0.15) is 11.5 Å². The number of urea groups is 1. The summed E-state index contributed by atoms with van der Waals surface area (Å²) in [4.78, 5) is 31.4. The highest BCUT2D eigenvalue weighted by Gasteiger charge is 2.26. The first-order valence-electron chi connectivity index (χ1n) is 11.9. The Balaban J connectivity index is 1.20. The van der Waals surface area contributed by atoms with Gasteiger partial charge < -0.3 is 15.5 Å². The quantitative estimate of drug-likeness (QED) is 0.479. The molecular weight excluding hydrogens is 475 g/mol. The van der Waals surface area contributed by atoms with E-state index < -0.39 is 5.82 Å². The lowest BCUT2D eigenvalue weighted by Gasteiger charge is -2.31. The van der Waals surface area contributed by atoms with Gasteiger partial charge in [-0.25, -0.2) is 14.2 Å². The topological polar surface area (TPSA) is 74.3 Å². The Bertz CT molecular complexity index is 1050. The maximum absolute atomic E-state index is 13.3. The molecule has 6 nitrogen and oxygen atoms in total. The third-order valence-corrected chi connectivity index (χ3v) is 7.73. The summed E-state index contributed by atoms with van der Waals surface area (Å²) < 4.78 is 13.3. The van der Waals surface area contributed by atoms with Gasteiger partial charge in [-0.05, 0) is 62.6 Å². The number of carbonyl (C=O) groups is 2. The second-order valence-corrected chi connectivity index (χ2v) is 10.2. The molecule has 2 aliphatic rings. The molecule has 2 N–H and O–H groups in total. The molecule has 0 radical (unpaired) electrons. The van der Waals surface area contributed by atoms with Crippen molar-refractivity contribution < 1.29 is 14.0 Å². The highest BCUT2D eigenvalue weighted by molar-refractivity contribution is 7.09. The third-order valence-electron chi connectivity index (χ3n) is 6.43. The molecule has 1 aromatic heterocycles. The zero-order valence-electron chi connectivity index (χ0n) is 19.1. The highest BCUT2D eigenvalue weighted by Crippen LogP contribution is 2.30. The van der Waals surface area contributed by atoms with Crippen LogP contribution in [0.4, 0.5) is 9.18 Å². The summed E-state index contributed by atoms with van der Waals surface area (Å²) in [6.07, 6.45) is 9.80. The minimum atomic E-state index is -0.485. The summed E-state index contributed by atoms with van der Waals surface area (Å²) >= 11 is 7.28. The van der Waals surface area contributed by atoms with Crippen molar-refractivity contribution in [2.75, 3.05) is 19.6 Å². The Labute approximate surface area is 208 Å². The summed E-state index contributed by atoms with van der Waals surface area (Å²) in [6, 6.07) is 4.38. The number of nitrogens with zero attached hydrogens (tertiary/aromatic N) is 2. The van der Waals surface area contributed by atoms with Gasteiger partial charge in [-0.3, -0.25) is 4.79 Å². The number of piperidine rings is 1. The molecule has 0 saturated carbocycles. The molecule has 2 heterocycles. The molecule has 1 fully saturated rings. The standard InChI is InChI=1S/C25H30ClFN4O2S/c26-20-14-18(6-7-21(20)27)15-29-23(32)22-16-34-24(30-22)19-9-12-31(13-10-19)25(33)28-11-8-17-4-2-1-3-5-17/h4,6-7,14,16,19H,1-3,5,8-13,15H2,(H,28,33)(H,29,32). The molecule has 1 aliphatic carbocycles. The fraction of sp³-hybridized carbons (Fsp3) is 0.480. The lowest BCUT2D eigenvalue weighted by molar-refractivity contribution is 0.0946. The number of likely N-dealkylation sites (tertiary alicyclic amines) is 1. The van der Waals surface area contributed by atoms with E-state index in [1.807, 2.05) is 4.90 Å².